The van der Waals surface area contributed by atoms with Gasteiger partial charge in [-0.05, 0) is 47.9 Å². The van der Waals surface area contributed by atoms with E-state index in [0.717, 1.165) is 5.56 Å². The number of nitrogens with one attached hydrogen (secondary N) is 1. The maximum atomic E-state index is 14.0. The summed E-state index contributed by atoms with van der Waals surface area (Å²) in [6.07, 6.45) is 0.582. The molecule has 0 bridgehead atoms. The van der Waals surface area contributed by atoms with E-state index in [0.29, 0.717) is 30.2 Å². The van der Waals surface area contributed by atoms with Crippen LogP contribution in [0.2, 0.25) is 5.02 Å². The van der Waals surface area contributed by atoms with Crippen molar-refractivity contribution in [2.75, 3.05) is 7.05 Å². The van der Waals surface area contributed by atoms with Gasteiger partial charge in [0, 0.05) is 11.1 Å². The predicted octanol–water partition coefficient (Wildman–Crippen LogP) is 4.01. The van der Waals surface area contributed by atoms with Crippen LogP contribution in [-0.4, -0.2) is 7.05 Å². The summed E-state index contributed by atoms with van der Waals surface area (Å²) in [5.41, 5.74) is 4.28. The number of hydrogen-bond acceptors (Lipinski definition) is 2. The topological polar surface area (TPSA) is 21.3 Å². The SMILES string of the molecule is CNC(Cc1ccc(Cl)cc1F)c1ccc2c(c1)COC2. The van der Waals surface area contributed by atoms with E-state index in [4.69, 9.17) is 16.3 Å². The van der Waals surface area contributed by atoms with Crippen molar-refractivity contribution in [3.05, 3.63) is 69.5 Å². The molecule has 0 spiro atoms. The Kier molecular flexibility index (Phi) is 4.24. The lowest BCUT2D eigenvalue weighted by atomic mass is 9.96. The van der Waals surface area contributed by atoms with Crippen molar-refractivity contribution in [3.63, 3.8) is 0 Å². The van der Waals surface area contributed by atoms with Gasteiger partial charge in [0.1, 0.15) is 5.82 Å². The molecule has 110 valence electrons. The Balaban J connectivity index is 1.85. The third-order valence-electron chi connectivity index (χ3n) is 3.94. The van der Waals surface area contributed by atoms with Crippen LogP contribution in [0.5, 0.6) is 0 Å². The van der Waals surface area contributed by atoms with E-state index >= 15 is 0 Å². The minimum Gasteiger partial charge on any atom is -0.372 e. The zero-order chi connectivity index (χ0) is 14.8. The van der Waals surface area contributed by atoms with Gasteiger partial charge in [-0.3, -0.25) is 0 Å². The van der Waals surface area contributed by atoms with Gasteiger partial charge in [0.05, 0.1) is 13.2 Å². The molecule has 0 saturated heterocycles. The van der Waals surface area contributed by atoms with Crippen molar-refractivity contribution < 1.29 is 9.13 Å². The van der Waals surface area contributed by atoms with Crippen LogP contribution in [0.15, 0.2) is 36.4 Å². The highest BCUT2D eigenvalue weighted by Crippen LogP contribution is 2.26. The van der Waals surface area contributed by atoms with Crippen molar-refractivity contribution in [1.82, 2.24) is 5.32 Å². The minimum atomic E-state index is -0.257. The molecule has 4 heteroatoms. The number of ether oxygens (including phenoxy) is 1. The average molecular weight is 306 g/mol. The lowest BCUT2D eigenvalue weighted by Gasteiger charge is -2.18. The fourth-order valence-corrected chi connectivity index (χ4v) is 2.86. The molecule has 0 aliphatic carbocycles. The minimum absolute atomic E-state index is 0.0616. The highest BCUT2D eigenvalue weighted by molar-refractivity contribution is 6.30. The number of rotatable bonds is 4. The zero-order valence-corrected chi connectivity index (χ0v) is 12.6. The first-order chi connectivity index (χ1) is 10.2. The van der Waals surface area contributed by atoms with Crippen LogP contribution in [0.4, 0.5) is 4.39 Å². The van der Waals surface area contributed by atoms with E-state index < -0.39 is 0 Å². The van der Waals surface area contributed by atoms with Crippen LogP contribution in [0.3, 0.4) is 0 Å². The van der Waals surface area contributed by atoms with Crippen LogP contribution in [0, 0.1) is 5.82 Å². The summed E-state index contributed by atoms with van der Waals surface area (Å²) < 4.78 is 19.4. The number of halogens is 2. The number of hydrogen-bond donors (Lipinski definition) is 1. The molecule has 1 aliphatic rings. The average Bonchev–Trinajstić information content (AvgIpc) is 2.94. The molecular weight excluding hydrogens is 289 g/mol. The Labute approximate surface area is 128 Å². The van der Waals surface area contributed by atoms with Crippen molar-refractivity contribution in [1.29, 1.82) is 0 Å². The Hall–Kier alpha value is -1.42. The van der Waals surface area contributed by atoms with E-state index in [-0.39, 0.29) is 11.9 Å². The van der Waals surface area contributed by atoms with Gasteiger partial charge in [-0.15, -0.1) is 0 Å². The highest BCUT2D eigenvalue weighted by Gasteiger charge is 2.17. The first-order valence-corrected chi connectivity index (χ1v) is 7.36. The van der Waals surface area contributed by atoms with Crippen molar-refractivity contribution in [2.45, 2.75) is 25.7 Å². The molecule has 0 fully saturated rings. The quantitative estimate of drug-likeness (QED) is 0.921. The highest BCUT2D eigenvalue weighted by atomic mass is 35.5. The molecule has 0 amide bonds. The Morgan fingerprint density at radius 3 is 2.76 bits per heavy atom. The number of likely N-dealkylation sites (N-methyl/N-ethyl adjacent to an activating group) is 1. The molecule has 2 aromatic rings. The normalized spacial score (nSPS) is 15.0. The fraction of sp³-hybridized carbons (Fsp3) is 0.294. The van der Waals surface area contributed by atoms with E-state index in [1.54, 1.807) is 12.1 Å². The van der Waals surface area contributed by atoms with E-state index in [1.807, 2.05) is 7.05 Å². The van der Waals surface area contributed by atoms with Gasteiger partial charge in [-0.1, -0.05) is 35.9 Å². The third-order valence-corrected chi connectivity index (χ3v) is 4.17. The lowest BCUT2D eigenvalue weighted by Crippen LogP contribution is -2.19. The summed E-state index contributed by atoms with van der Waals surface area (Å²) >= 11 is 5.80. The molecule has 3 rings (SSSR count). The number of fused-ring (bicyclic) bond motifs is 1. The second-order valence-electron chi connectivity index (χ2n) is 5.30. The van der Waals surface area contributed by atoms with E-state index in [1.165, 1.54) is 17.2 Å². The Morgan fingerprint density at radius 1 is 1.19 bits per heavy atom. The third kappa shape index (κ3) is 3.10. The van der Waals surface area contributed by atoms with Gasteiger partial charge < -0.3 is 10.1 Å². The molecule has 0 aromatic heterocycles. The van der Waals surface area contributed by atoms with Gasteiger partial charge in [0.15, 0.2) is 0 Å². The van der Waals surface area contributed by atoms with Crippen LogP contribution < -0.4 is 5.32 Å². The van der Waals surface area contributed by atoms with Gasteiger partial charge in [-0.2, -0.15) is 0 Å². The molecule has 1 aliphatic heterocycles. The van der Waals surface area contributed by atoms with Crippen LogP contribution >= 0.6 is 11.6 Å². The summed E-state index contributed by atoms with van der Waals surface area (Å²) in [6.45, 7) is 1.35. The first kappa shape index (κ1) is 14.5. The summed E-state index contributed by atoms with van der Waals surface area (Å²) in [6, 6.07) is 11.2. The van der Waals surface area contributed by atoms with Crippen molar-refractivity contribution >= 4 is 11.6 Å². The lowest BCUT2D eigenvalue weighted by molar-refractivity contribution is 0.134. The molecular formula is C17H17ClFNO. The fourth-order valence-electron chi connectivity index (χ4n) is 2.70. The standard InChI is InChI=1S/C17H17ClFNO/c1-20-17(7-11-4-5-15(18)8-16(11)19)12-2-3-13-9-21-10-14(13)6-12/h2-6,8,17,20H,7,9-10H2,1H3. The maximum Gasteiger partial charge on any atom is 0.127 e. The van der Waals surface area contributed by atoms with Gasteiger partial charge >= 0.3 is 0 Å². The molecule has 21 heavy (non-hydrogen) atoms. The van der Waals surface area contributed by atoms with E-state index in [2.05, 4.69) is 23.5 Å². The van der Waals surface area contributed by atoms with Gasteiger partial charge in [0.25, 0.3) is 0 Å². The molecule has 0 saturated carbocycles. The molecule has 2 nitrogen and oxygen atoms in total. The Morgan fingerprint density at radius 2 is 2.00 bits per heavy atom. The smallest absolute Gasteiger partial charge is 0.127 e. The maximum absolute atomic E-state index is 14.0. The summed E-state index contributed by atoms with van der Waals surface area (Å²) in [4.78, 5) is 0. The molecule has 1 unspecified atom stereocenters. The van der Waals surface area contributed by atoms with Crippen molar-refractivity contribution in [3.8, 4) is 0 Å². The summed E-state index contributed by atoms with van der Waals surface area (Å²) in [7, 11) is 1.89. The zero-order valence-electron chi connectivity index (χ0n) is 11.8. The van der Waals surface area contributed by atoms with Crippen LogP contribution in [-0.2, 0) is 24.4 Å². The monoisotopic (exact) mass is 305 g/mol. The van der Waals surface area contributed by atoms with E-state index in [9.17, 15) is 4.39 Å². The molecule has 0 radical (unpaired) electrons. The molecule has 1 N–H and O–H groups in total. The largest absolute Gasteiger partial charge is 0.372 e. The first-order valence-electron chi connectivity index (χ1n) is 6.98. The number of benzene rings is 2. The van der Waals surface area contributed by atoms with Gasteiger partial charge in [0.2, 0.25) is 0 Å². The summed E-state index contributed by atoms with van der Waals surface area (Å²) in [5, 5.41) is 3.68. The second-order valence-corrected chi connectivity index (χ2v) is 5.74. The predicted molar refractivity (Wildman–Crippen MR) is 81.8 cm³/mol. The van der Waals surface area contributed by atoms with Crippen LogP contribution in [0.1, 0.15) is 28.3 Å². The Bertz CT molecular complexity index is 659. The molecule has 1 atom stereocenters. The van der Waals surface area contributed by atoms with Gasteiger partial charge in [-0.25, -0.2) is 4.39 Å². The van der Waals surface area contributed by atoms with Crippen molar-refractivity contribution in [2.24, 2.45) is 0 Å². The second kappa shape index (κ2) is 6.14. The molecule has 2 aromatic carbocycles. The van der Waals surface area contributed by atoms with Crippen LogP contribution in [0.25, 0.3) is 0 Å². The summed E-state index contributed by atoms with van der Waals surface area (Å²) in [5.74, 6) is -0.257. The molecule has 1 heterocycles.